The Morgan fingerprint density at radius 3 is 2.32 bits per heavy atom. The predicted molar refractivity (Wildman–Crippen MR) is 157 cm³/mol. The summed E-state index contributed by atoms with van der Waals surface area (Å²) in [5.74, 6) is 1.39. The SMILES string of the molecule is CCN(CC1CCCCC1)c1cc2c(cc1CN(Cc1cc(C#N)cc(C(F)(F)F)c1)c1ccn(C)n1)CCCC2. The molecule has 2 aliphatic rings. The van der Waals surface area contributed by atoms with Gasteiger partial charge < -0.3 is 9.80 Å². The molecule has 0 bridgehead atoms. The lowest BCUT2D eigenvalue weighted by Gasteiger charge is -2.34. The fourth-order valence-electron chi connectivity index (χ4n) is 6.55. The maximum absolute atomic E-state index is 13.7. The highest BCUT2D eigenvalue weighted by molar-refractivity contribution is 5.60. The van der Waals surface area contributed by atoms with E-state index >= 15 is 0 Å². The van der Waals surface area contributed by atoms with Crippen LogP contribution in [0, 0.1) is 17.2 Å². The van der Waals surface area contributed by atoms with Crippen LogP contribution in [0.3, 0.4) is 0 Å². The summed E-state index contributed by atoms with van der Waals surface area (Å²) in [5, 5.41) is 14.1. The number of benzene rings is 2. The molecule has 0 radical (unpaired) electrons. The van der Waals surface area contributed by atoms with Crippen LogP contribution in [-0.2, 0) is 39.2 Å². The van der Waals surface area contributed by atoms with E-state index < -0.39 is 11.7 Å². The lowest BCUT2D eigenvalue weighted by molar-refractivity contribution is -0.137. The fourth-order valence-corrected chi connectivity index (χ4v) is 6.55. The molecule has 0 spiro atoms. The van der Waals surface area contributed by atoms with Crippen LogP contribution in [0.2, 0.25) is 0 Å². The van der Waals surface area contributed by atoms with E-state index in [-0.39, 0.29) is 12.1 Å². The van der Waals surface area contributed by atoms with Gasteiger partial charge in [0.25, 0.3) is 0 Å². The summed E-state index contributed by atoms with van der Waals surface area (Å²) in [6, 6.07) is 12.2. The number of nitriles is 1. The molecule has 1 aromatic heterocycles. The van der Waals surface area contributed by atoms with Gasteiger partial charge in [0, 0.05) is 51.2 Å². The highest BCUT2D eigenvalue weighted by Gasteiger charge is 2.31. The van der Waals surface area contributed by atoms with Crippen LogP contribution < -0.4 is 9.80 Å². The quantitative estimate of drug-likeness (QED) is 0.267. The number of hydrogen-bond acceptors (Lipinski definition) is 4. The molecule has 218 valence electrons. The summed E-state index contributed by atoms with van der Waals surface area (Å²) in [6.45, 7) is 4.88. The number of hydrogen-bond donors (Lipinski definition) is 0. The lowest BCUT2D eigenvalue weighted by Crippen LogP contribution is -2.32. The van der Waals surface area contributed by atoms with Gasteiger partial charge in [0.15, 0.2) is 5.82 Å². The van der Waals surface area contributed by atoms with Gasteiger partial charge in [-0.3, -0.25) is 4.68 Å². The molecule has 5 nitrogen and oxygen atoms in total. The van der Waals surface area contributed by atoms with E-state index in [1.54, 1.807) is 10.7 Å². The molecule has 8 heteroatoms. The zero-order chi connectivity index (χ0) is 29.0. The van der Waals surface area contributed by atoms with Gasteiger partial charge in [0.2, 0.25) is 0 Å². The van der Waals surface area contributed by atoms with Gasteiger partial charge in [0.1, 0.15) is 0 Å². The average molecular weight is 564 g/mol. The number of halogens is 3. The Kier molecular flexibility index (Phi) is 8.91. The monoisotopic (exact) mass is 563 g/mol. The van der Waals surface area contributed by atoms with E-state index in [1.807, 2.05) is 30.3 Å². The molecule has 2 aromatic carbocycles. The maximum atomic E-state index is 13.7. The molecule has 0 saturated heterocycles. The first-order valence-corrected chi connectivity index (χ1v) is 15.0. The van der Waals surface area contributed by atoms with Crippen molar-refractivity contribution >= 4 is 11.5 Å². The minimum Gasteiger partial charge on any atom is -0.371 e. The molecule has 0 unspecified atom stereocenters. The Bertz CT molecular complexity index is 1380. The van der Waals surface area contributed by atoms with Crippen molar-refractivity contribution in [2.24, 2.45) is 13.0 Å². The van der Waals surface area contributed by atoms with Crippen molar-refractivity contribution in [1.29, 1.82) is 5.26 Å². The number of alkyl halides is 3. The standard InChI is InChI=1S/C33H40F3N5/c1-3-40(21-24-9-5-4-6-10-24)31-19-28-12-8-7-11-27(28)18-29(31)23-41(32-13-14-39(2)38-32)22-26-15-25(20-37)16-30(17-26)33(34,35)36/h13-19,24H,3-12,21-23H2,1-2H3. The minimum atomic E-state index is -4.52. The Labute approximate surface area is 241 Å². The Morgan fingerprint density at radius 2 is 1.68 bits per heavy atom. The molecule has 1 fully saturated rings. The number of fused-ring (bicyclic) bond motifs is 1. The Hall–Kier alpha value is -3.47. The molecule has 1 saturated carbocycles. The van der Waals surface area contributed by atoms with Crippen molar-refractivity contribution in [3.8, 4) is 6.07 Å². The van der Waals surface area contributed by atoms with Crippen LogP contribution in [-0.4, -0.2) is 22.9 Å². The van der Waals surface area contributed by atoms with E-state index in [9.17, 15) is 18.4 Å². The van der Waals surface area contributed by atoms with Crippen LogP contribution in [0.5, 0.6) is 0 Å². The van der Waals surface area contributed by atoms with E-state index in [2.05, 4.69) is 29.1 Å². The third kappa shape index (κ3) is 7.06. The topological polar surface area (TPSA) is 48.1 Å². The highest BCUT2D eigenvalue weighted by atomic mass is 19.4. The first kappa shape index (κ1) is 29.0. The number of nitrogens with zero attached hydrogens (tertiary/aromatic N) is 5. The number of anilines is 2. The second kappa shape index (κ2) is 12.6. The van der Waals surface area contributed by atoms with Gasteiger partial charge in [-0.05, 0) is 97.9 Å². The van der Waals surface area contributed by atoms with Crippen LogP contribution in [0.4, 0.5) is 24.7 Å². The normalized spacial score (nSPS) is 15.8. The summed E-state index contributed by atoms with van der Waals surface area (Å²) in [7, 11) is 1.84. The summed E-state index contributed by atoms with van der Waals surface area (Å²) >= 11 is 0. The smallest absolute Gasteiger partial charge is 0.371 e. The van der Waals surface area contributed by atoms with E-state index in [0.717, 1.165) is 38.1 Å². The van der Waals surface area contributed by atoms with Crippen molar-refractivity contribution in [3.63, 3.8) is 0 Å². The molecule has 0 atom stereocenters. The molecule has 0 amide bonds. The second-order valence-corrected chi connectivity index (χ2v) is 11.7. The lowest BCUT2D eigenvalue weighted by atomic mass is 9.87. The third-order valence-corrected chi connectivity index (χ3v) is 8.68. The highest BCUT2D eigenvalue weighted by Crippen LogP contribution is 2.35. The first-order valence-electron chi connectivity index (χ1n) is 15.0. The fraction of sp³-hybridized carbons (Fsp3) is 0.515. The molecule has 0 N–H and O–H groups in total. The van der Waals surface area contributed by atoms with Crippen molar-refractivity contribution in [3.05, 3.63) is 76.0 Å². The van der Waals surface area contributed by atoms with Crippen molar-refractivity contribution in [1.82, 2.24) is 9.78 Å². The summed E-state index contributed by atoms with van der Waals surface area (Å²) in [6.07, 6.45) is 8.33. The van der Waals surface area contributed by atoms with E-state index in [0.29, 0.717) is 23.8 Å². The minimum absolute atomic E-state index is 0.00917. The largest absolute Gasteiger partial charge is 0.416 e. The van der Waals surface area contributed by atoms with Gasteiger partial charge in [-0.1, -0.05) is 25.3 Å². The molecular weight excluding hydrogens is 523 g/mol. The summed E-state index contributed by atoms with van der Waals surface area (Å²) in [4.78, 5) is 4.56. The van der Waals surface area contributed by atoms with Gasteiger partial charge in [-0.25, -0.2) is 0 Å². The number of aromatic nitrogens is 2. The molecule has 2 aliphatic carbocycles. The molecule has 5 rings (SSSR count). The van der Waals surface area contributed by atoms with E-state index in [4.69, 9.17) is 0 Å². The Morgan fingerprint density at radius 1 is 0.951 bits per heavy atom. The molecule has 0 aliphatic heterocycles. The summed E-state index contributed by atoms with van der Waals surface area (Å²) < 4.78 is 42.8. The zero-order valence-corrected chi connectivity index (χ0v) is 24.2. The van der Waals surface area contributed by atoms with Crippen LogP contribution in [0.1, 0.15) is 85.3 Å². The molecule has 3 aromatic rings. The molecule has 1 heterocycles. The van der Waals surface area contributed by atoms with Crippen molar-refractivity contribution < 1.29 is 13.2 Å². The Balaban J connectivity index is 1.53. The van der Waals surface area contributed by atoms with E-state index in [1.165, 1.54) is 67.3 Å². The summed E-state index contributed by atoms with van der Waals surface area (Å²) in [5.41, 5.74) is 4.88. The van der Waals surface area contributed by atoms with Gasteiger partial charge >= 0.3 is 6.18 Å². The zero-order valence-electron chi connectivity index (χ0n) is 24.2. The molecule has 41 heavy (non-hydrogen) atoms. The van der Waals surface area contributed by atoms with Crippen molar-refractivity contribution in [2.45, 2.75) is 84.0 Å². The third-order valence-electron chi connectivity index (χ3n) is 8.68. The predicted octanol–water partition coefficient (Wildman–Crippen LogP) is 7.80. The average Bonchev–Trinajstić information content (AvgIpc) is 3.41. The van der Waals surface area contributed by atoms with Crippen molar-refractivity contribution in [2.75, 3.05) is 22.9 Å². The number of aryl methyl sites for hydroxylation is 3. The van der Waals surface area contributed by atoms with Crippen LogP contribution >= 0.6 is 0 Å². The van der Waals surface area contributed by atoms with Gasteiger partial charge in [-0.2, -0.15) is 23.5 Å². The second-order valence-electron chi connectivity index (χ2n) is 11.7. The maximum Gasteiger partial charge on any atom is 0.416 e. The van der Waals surface area contributed by atoms with Gasteiger partial charge in [-0.15, -0.1) is 0 Å². The molecular formula is C33H40F3N5. The van der Waals surface area contributed by atoms with Gasteiger partial charge in [0.05, 0.1) is 17.2 Å². The number of rotatable bonds is 9. The van der Waals surface area contributed by atoms with Crippen LogP contribution in [0.15, 0.2) is 42.6 Å². The first-order chi connectivity index (χ1) is 19.7. The van der Waals surface area contributed by atoms with Crippen LogP contribution in [0.25, 0.3) is 0 Å².